The maximum Gasteiger partial charge on any atom is 0.255 e. The van der Waals surface area contributed by atoms with Gasteiger partial charge in [-0.2, -0.15) is 5.10 Å². The van der Waals surface area contributed by atoms with Gasteiger partial charge >= 0.3 is 0 Å². The third-order valence-corrected chi connectivity index (χ3v) is 5.74. The van der Waals surface area contributed by atoms with E-state index in [2.05, 4.69) is 41.6 Å². The standard InChI is InChI=1S/C23H22N4OS/c1-15-9-11-19(12-10-15)21-14-29-23(26-21)27-17(3)20(13-24-27)22(28)25-16(2)18-7-5-4-6-8-18/h4-14,16H,1-3H3,(H,25,28). The fourth-order valence-electron chi connectivity index (χ4n) is 3.14. The maximum atomic E-state index is 12.8. The molecule has 1 unspecified atom stereocenters. The molecule has 6 heteroatoms. The van der Waals surface area contributed by atoms with Crippen molar-refractivity contribution in [2.75, 3.05) is 0 Å². The summed E-state index contributed by atoms with van der Waals surface area (Å²) in [6, 6.07) is 18.1. The predicted octanol–water partition coefficient (Wildman–Crippen LogP) is 5.10. The molecule has 1 amide bonds. The first-order chi connectivity index (χ1) is 14.0. The highest BCUT2D eigenvalue weighted by atomic mass is 32.1. The van der Waals surface area contributed by atoms with Gasteiger partial charge in [0.2, 0.25) is 5.13 Å². The van der Waals surface area contributed by atoms with Crippen molar-refractivity contribution >= 4 is 17.2 Å². The van der Waals surface area contributed by atoms with Crippen molar-refractivity contribution in [1.29, 1.82) is 0 Å². The summed E-state index contributed by atoms with van der Waals surface area (Å²) in [5, 5.41) is 10.2. The first-order valence-electron chi connectivity index (χ1n) is 9.46. The van der Waals surface area contributed by atoms with E-state index in [1.165, 1.54) is 16.9 Å². The molecule has 0 radical (unpaired) electrons. The first kappa shape index (κ1) is 19.1. The molecule has 0 aliphatic heterocycles. The van der Waals surface area contributed by atoms with E-state index in [0.717, 1.165) is 27.6 Å². The number of nitrogens with one attached hydrogen (secondary N) is 1. The molecule has 0 bridgehead atoms. The number of carbonyl (C=O) groups excluding carboxylic acids is 1. The van der Waals surface area contributed by atoms with Crippen LogP contribution in [0, 0.1) is 13.8 Å². The molecule has 0 saturated heterocycles. The van der Waals surface area contributed by atoms with Gasteiger partial charge in [0.25, 0.3) is 5.91 Å². The van der Waals surface area contributed by atoms with E-state index >= 15 is 0 Å². The minimum Gasteiger partial charge on any atom is -0.345 e. The number of benzene rings is 2. The second-order valence-electron chi connectivity index (χ2n) is 7.04. The Morgan fingerprint density at radius 2 is 1.79 bits per heavy atom. The summed E-state index contributed by atoms with van der Waals surface area (Å²) in [5.74, 6) is -0.139. The van der Waals surface area contributed by atoms with Crippen LogP contribution in [-0.2, 0) is 0 Å². The summed E-state index contributed by atoms with van der Waals surface area (Å²) in [4.78, 5) is 17.5. The predicted molar refractivity (Wildman–Crippen MR) is 116 cm³/mol. The second-order valence-corrected chi connectivity index (χ2v) is 7.88. The van der Waals surface area contributed by atoms with Crippen LogP contribution in [0.2, 0.25) is 0 Å². The van der Waals surface area contributed by atoms with Crippen molar-refractivity contribution < 1.29 is 4.79 Å². The molecular weight excluding hydrogens is 380 g/mol. The molecule has 146 valence electrons. The molecule has 29 heavy (non-hydrogen) atoms. The summed E-state index contributed by atoms with van der Waals surface area (Å²) in [5.41, 5.74) is 5.58. The summed E-state index contributed by atoms with van der Waals surface area (Å²) in [7, 11) is 0. The number of hydrogen-bond acceptors (Lipinski definition) is 4. The van der Waals surface area contributed by atoms with E-state index in [-0.39, 0.29) is 11.9 Å². The number of amides is 1. The second kappa shape index (κ2) is 8.01. The van der Waals surface area contributed by atoms with Crippen LogP contribution >= 0.6 is 11.3 Å². The van der Waals surface area contributed by atoms with E-state index in [1.54, 1.807) is 10.9 Å². The van der Waals surface area contributed by atoms with E-state index < -0.39 is 0 Å². The minimum absolute atomic E-state index is 0.0838. The Morgan fingerprint density at radius 1 is 1.07 bits per heavy atom. The molecule has 0 aliphatic rings. The Balaban J connectivity index is 1.54. The van der Waals surface area contributed by atoms with Crippen molar-refractivity contribution in [3.8, 4) is 16.4 Å². The van der Waals surface area contributed by atoms with Crippen LogP contribution in [-0.4, -0.2) is 20.7 Å². The molecule has 4 rings (SSSR count). The molecule has 0 aliphatic carbocycles. The molecule has 2 aromatic heterocycles. The Hall–Kier alpha value is -3.25. The SMILES string of the molecule is Cc1ccc(-c2csc(-n3ncc(C(=O)NC(C)c4ccccc4)c3C)n2)cc1. The highest BCUT2D eigenvalue weighted by Crippen LogP contribution is 2.25. The third kappa shape index (κ3) is 3.98. The quantitative estimate of drug-likeness (QED) is 0.505. The van der Waals surface area contributed by atoms with E-state index in [4.69, 9.17) is 4.98 Å². The van der Waals surface area contributed by atoms with Crippen LogP contribution < -0.4 is 5.32 Å². The lowest BCUT2D eigenvalue weighted by Crippen LogP contribution is -2.27. The van der Waals surface area contributed by atoms with Gasteiger partial charge < -0.3 is 5.32 Å². The van der Waals surface area contributed by atoms with Gasteiger partial charge in [-0.15, -0.1) is 11.3 Å². The van der Waals surface area contributed by atoms with Crippen molar-refractivity contribution in [1.82, 2.24) is 20.1 Å². The van der Waals surface area contributed by atoms with Gasteiger partial charge in [-0.3, -0.25) is 4.79 Å². The number of thiazole rings is 1. The minimum atomic E-state index is -0.139. The number of aryl methyl sites for hydroxylation is 1. The molecule has 4 aromatic rings. The zero-order valence-corrected chi connectivity index (χ0v) is 17.4. The molecule has 0 saturated carbocycles. The Kier molecular flexibility index (Phi) is 5.27. The van der Waals surface area contributed by atoms with Crippen molar-refractivity contribution in [2.24, 2.45) is 0 Å². The summed E-state index contributed by atoms with van der Waals surface area (Å²) >= 11 is 1.51. The van der Waals surface area contributed by atoms with Gasteiger partial charge in [0.05, 0.1) is 29.2 Å². The van der Waals surface area contributed by atoms with Gasteiger partial charge in [-0.05, 0) is 26.3 Å². The maximum absolute atomic E-state index is 12.8. The van der Waals surface area contributed by atoms with E-state index in [9.17, 15) is 4.79 Å². The van der Waals surface area contributed by atoms with Crippen molar-refractivity contribution in [3.05, 3.63) is 88.6 Å². The van der Waals surface area contributed by atoms with Crippen LogP contribution in [0.5, 0.6) is 0 Å². The van der Waals surface area contributed by atoms with Gasteiger partial charge in [0.15, 0.2) is 0 Å². The zero-order valence-electron chi connectivity index (χ0n) is 16.6. The topological polar surface area (TPSA) is 59.8 Å². The highest BCUT2D eigenvalue weighted by molar-refractivity contribution is 7.12. The number of aromatic nitrogens is 3. The molecule has 0 fully saturated rings. The van der Waals surface area contributed by atoms with Gasteiger partial charge in [-0.25, -0.2) is 9.67 Å². The molecule has 2 aromatic carbocycles. The Morgan fingerprint density at radius 3 is 2.52 bits per heavy atom. The lowest BCUT2D eigenvalue weighted by molar-refractivity contribution is 0.0939. The summed E-state index contributed by atoms with van der Waals surface area (Å²) < 4.78 is 1.73. The molecule has 2 heterocycles. The summed E-state index contributed by atoms with van der Waals surface area (Å²) in [6.07, 6.45) is 1.61. The largest absolute Gasteiger partial charge is 0.345 e. The van der Waals surface area contributed by atoms with Gasteiger partial charge in [0, 0.05) is 10.9 Å². The zero-order chi connectivity index (χ0) is 20.4. The van der Waals surface area contributed by atoms with Crippen molar-refractivity contribution in [2.45, 2.75) is 26.8 Å². The van der Waals surface area contributed by atoms with Crippen molar-refractivity contribution in [3.63, 3.8) is 0 Å². The monoisotopic (exact) mass is 402 g/mol. The lowest BCUT2D eigenvalue weighted by Gasteiger charge is -2.14. The fraction of sp³-hybridized carbons (Fsp3) is 0.174. The normalized spacial score (nSPS) is 12.0. The number of nitrogens with zero attached hydrogens (tertiary/aromatic N) is 3. The summed E-state index contributed by atoms with van der Waals surface area (Å²) in [6.45, 7) is 5.93. The Bertz CT molecular complexity index is 1130. The molecule has 1 N–H and O–H groups in total. The average Bonchev–Trinajstić information content (AvgIpc) is 3.36. The number of carbonyl (C=O) groups is 1. The highest BCUT2D eigenvalue weighted by Gasteiger charge is 2.19. The van der Waals surface area contributed by atoms with Gasteiger partial charge in [-0.1, -0.05) is 60.2 Å². The van der Waals surface area contributed by atoms with Gasteiger partial charge in [0.1, 0.15) is 0 Å². The molecule has 5 nitrogen and oxygen atoms in total. The van der Waals surface area contributed by atoms with Crippen LogP contribution in [0.3, 0.4) is 0 Å². The van der Waals surface area contributed by atoms with Crippen LogP contribution in [0.1, 0.15) is 40.1 Å². The Labute approximate surface area is 174 Å². The molecule has 1 atom stereocenters. The smallest absolute Gasteiger partial charge is 0.255 e. The molecular formula is C23H22N4OS. The van der Waals surface area contributed by atoms with E-state index in [1.807, 2.05) is 49.6 Å². The van der Waals surface area contributed by atoms with Crippen LogP contribution in [0.25, 0.3) is 16.4 Å². The first-order valence-corrected chi connectivity index (χ1v) is 10.3. The number of rotatable bonds is 5. The fourth-order valence-corrected chi connectivity index (χ4v) is 3.98. The lowest BCUT2D eigenvalue weighted by atomic mass is 10.1. The average molecular weight is 403 g/mol. The number of hydrogen-bond donors (Lipinski definition) is 1. The van der Waals surface area contributed by atoms with Crippen LogP contribution in [0.15, 0.2) is 66.2 Å². The third-order valence-electron chi connectivity index (χ3n) is 4.92. The van der Waals surface area contributed by atoms with Crippen LogP contribution in [0.4, 0.5) is 0 Å². The molecule has 0 spiro atoms. The van der Waals surface area contributed by atoms with E-state index in [0.29, 0.717) is 5.56 Å².